The molecule has 3 rings (SSSR count). The van der Waals surface area contributed by atoms with Crippen molar-refractivity contribution in [2.24, 2.45) is 0 Å². The van der Waals surface area contributed by atoms with Crippen molar-refractivity contribution in [3.05, 3.63) is 88.4 Å². The van der Waals surface area contributed by atoms with Gasteiger partial charge in [0.15, 0.2) is 0 Å². The molecule has 1 atom stereocenters. The van der Waals surface area contributed by atoms with E-state index in [9.17, 15) is 18.0 Å². The van der Waals surface area contributed by atoms with Crippen LogP contribution in [0.4, 0.5) is 5.69 Å². The Balaban J connectivity index is 2.05. The summed E-state index contributed by atoms with van der Waals surface area (Å²) in [4.78, 5) is 28.1. The summed E-state index contributed by atoms with van der Waals surface area (Å²) in [5, 5.41) is 2.75. The maximum absolute atomic E-state index is 13.8. The smallest absolute Gasteiger partial charge is 0.264 e. The van der Waals surface area contributed by atoms with Crippen molar-refractivity contribution in [3.8, 4) is 5.75 Å². The van der Waals surface area contributed by atoms with Crippen molar-refractivity contribution >= 4 is 43.5 Å². The molecule has 3 aromatic rings. The molecular weight excluding hydrogens is 570 g/mol. The van der Waals surface area contributed by atoms with E-state index in [2.05, 4.69) is 21.2 Å². The Bertz CT molecular complexity index is 1380. The number of anilines is 1. The third-order valence-corrected chi connectivity index (χ3v) is 8.27. The Morgan fingerprint density at radius 3 is 2.34 bits per heavy atom. The second kappa shape index (κ2) is 12.9. The summed E-state index contributed by atoms with van der Waals surface area (Å²) in [5.41, 5.74) is 1.97. The van der Waals surface area contributed by atoms with Crippen LogP contribution in [0.3, 0.4) is 0 Å². The molecule has 0 aliphatic carbocycles. The molecule has 1 unspecified atom stereocenters. The van der Waals surface area contributed by atoms with Gasteiger partial charge in [0.1, 0.15) is 18.3 Å². The molecule has 0 bridgehead atoms. The number of ether oxygens (including phenoxy) is 1. The van der Waals surface area contributed by atoms with E-state index in [0.29, 0.717) is 12.3 Å². The molecule has 38 heavy (non-hydrogen) atoms. The van der Waals surface area contributed by atoms with E-state index in [1.165, 1.54) is 24.1 Å². The van der Waals surface area contributed by atoms with Gasteiger partial charge in [-0.3, -0.25) is 13.9 Å². The van der Waals surface area contributed by atoms with Crippen LogP contribution in [0.5, 0.6) is 5.75 Å². The minimum Gasteiger partial charge on any atom is -0.497 e. The molecule has 202 valence electrons. The van der Waals surface area contributed by atoms with E-state index in [4.69, 9.17) is 4.74 Å². The number of benzene rings is 3. The van der Waals surface area contributed by atoms with Crippen LogP contribution in [0, 0.1) is 6.92 Å². The van der Waals surface area contributed by atoms with E-state index < -0.39 is 28.5 Å². The summed E-state index contributed by atoms with van der Waals surface area (Å²) < 4.78 is 34.9. The topological polar surface area (TPSA) is 96.0 Å². The summed E-state index contributed by atoms with van der Waals surface area (Å²) in [7, 11) is -2.66. The summed E-state index contributed by atoms with van der Waals surface area (Å²) in [5.74, 6) is -0.409. The lowest BCUT2D eigenvalue weighted by molar-refractivity contribution is -0.139. The largest absolute Gasteiger partial charge is 0.497 e. The van der Waals surface area contributed by atoms with Crippen LogP contribution in [-0.4, -0.2) is 51.4 Å². The van der Waals surface area contributed by atoms with Gasteiger partial charge in [-0.2, -0.15) is 0 Å². The van der Waals surface area contributed by atoms with Crippen molar-refractivity contribution in [2.75, 3.05) is 24.5 Å². The van der Waals surface area contributed by atoms with Gasteiger partial charge in [-0.1, -0.05) is 51.8 Å². The summed E-state index contributed by atoms with van der Waals surface area (Å²) in [6.07, 6.45) is 0. The second-order valence-corrected chi connectivity index (χ2v) is 11.5. The number of nitrogens with zero attached hydrogens (tertiary/aromatic N) is 2. The molecule has 8 nitrogen and oxygen atoms in total. The highest BCUT2D eigenvalue weighted by Gasteiger charge is 2.32. The highest BCUT2D eigenvalue weighted by Crippen LogP contribution is 2.28. The number of methoxy groups -OCH3 is 1. The minimum atomic E-state index is -4.14. The predicted octanol–water partition coefficient (Wildman–Crippen LogP) is 4.51. The molecule has 0 spiro atoms. The molecule has 0 aliphatic rings. The first-order chi connectivity index (χ1) is 18.1. The number of halogens is 1. The Morgan fingerprint density at radius 1 is 1.03 bits per heavy atom. The Labute approximate surface area is 232 Å². The first-order valence-corrected chi connectivity index (χ1v) is 14.3. The van der Waals surface area contributed by atoms with Crippen LogP contribution in [0.1, 0.15) is 25.0 Å². The number of nitrogens with one attached hydrogen (secondary N) is 1. The van der Waals surface area contributed by atoms with Gasteiger partial charge in [-0.25, -0.2) is 8.42 Å². The van der Waals surface area contributed by atoms with Gasteiger partial charge < -0.3 is 15.0 Å². The third kappa shape index (κ3) is 7.14. The van der Waals surface area contributed by atoms with Crippen molar-refractivity contribution in [3.63, 3.8) is 0 Å². The van der Waals surface area contributed by atoms with E-state index in [0.717, 1.165) is 19.9 Å². The first kappa shape index (κ1) is 29.2. The lowest BCUT2D eigenvalue weighted by atomic mass is 10.1. The predicted molar refractivity (Wildman–Crippen MR) is 152 cm³/mol. The summed E-state index contributed by atoms with van der Waals surface area (Å²) in [6, 6.07) is 19.5. The molecule has 1 N–H and O–H groups in total. The Morgan fingerprint density at radius 2 is 1.71 bits per heavy atom. The number of sulfonamides is 1. The normalized spacial score (nSPS) is 11.9. The molecule has 0 aromatic heterocycles. The maximum atomic E-state index is 13.8. The zero-order chi connectivity index (χ0) is 27.9. The van der Waals surface area contributed by atoms with Gasteiger partial charge in [0.2, 0.25) is 11.8 Å². The fraction of sp³-hybridized carbons (Fsp3) is 0.286. The van der Waals surface area contributed by atoms with E-state index >= 15 is 0 Å². The van der Waals surface area contributed by atoms with E-state index in [1.54, 1.807) is 50.2 Å². The fourth-order valence-corrected chi connectivity index (χ4v) is 5.72. The molecule has 0 heterocycles. The van der Waals surface area contributed by atoms with Crippen molar-refractivity contribution in [1.82, 2.24) is 10.2 Å². The monoisotopic (exact) mass is 601 g/mol. The highest BCUT2D eigenvalue weighted by molar-refractivity contribution is 9.10. The SMILES string of the molecule is CCNC(=O)C(C)N(Cc1cccc(Br)c1)C(=O)CN(c1cccc(OC)c1)S(=O)(=O)c1ccc(C)cc1. The van der Waals surface area contributed by atoms with Gasteiger partial charge in [-0.05, 0) is 62.7 Å². The lowest BCUT2D eigenvalue weighted by Gasteiger charge is -2.32. The molecule has 0 aliphatic heterocycles. The van der Waals surface area contributed by atoms with Crippen LogP contribution in [0.25, 0.3) is 0 Å². The number of amides is 2. The third-order valence-electron chi connectivity index (χ3n) is 5.99. The number of carbonyl (C=O) groups excluding carboxylic acids is 2. The molecule has 10 heteroatoms. The van der Waals surface area contributed by atoms with Gasteiger partial charge >= 0.3 is 0 Å². The molecule has 0 saturated heterocycles. The standard InChI is InChI=1S/C28H32BrN3O5S/c1-5-30-28(34)21(3)31(18-22-8-6-9-23(29)16-22)27(33)19-32(24-10-7-11-25(17-24)37-4)38(35,36)26-14-12-20(2)13-15-26/h6-17,21H,5,18-19H2,1-4H3,(H,30,34). The molecule has 0 fully saturated rings. The van der Waals surface area contributed by atoms with Gasteiger partial charge in [0.05, 0.1) is 17.7 Å². The van der Waals surface area contributed by atoms with Crippen molar-refractivity contribution in [2.45, 2.75) is 38.3 Å². The quantitative estimate of drug-likeness (QED) is 0.349. The van der Waals surface area contributed by atoms with Gasteiger partial charge in [-0.15, -0.1) is 0 Å². The fourth-order valence-electron chi connectivity index (χ4n) is 3.87. The van der Waals surface area contributed by atoms with Gasteiger partial charge in [0, 0.05) is 23.6 Å². The second-order valence-electron chi connectivity index (χ2n) is 8.75. The van der Waals surface area contributed by atoms with Crippen LogP contribution in [-0.2, 0) is 26.2 Å². The molecule has 0 radical (unpaired) electrons. The molecular formula is C28H32BrN3O5S. The average Bonchev–Trinajstić information content (AvgIpc) is 2.90. The van der Waals surface area contributed by atoms with E-state index in [-0.39, 0.29) is 23.0 Å². The zero-order valence-corrected chi connectivity index (χ0v) is 24.3. The zero-order valence-electron chi connectivity index (χ0n) is 21.8. The molecule has 2 amide bonds. The summed E-state index contributed by atoms with van der Waals surface area (Å²) >= 11 is 3.44. The maximum Gasteiger partial charge on any atom is 0.264 e. The van der Waals surface area contributed by atoms with E-state index in [1.807, 2.05) is 31.2 Å². The van der Waals surface area contributed by atoms with Crippen LogP contribution >= 0.6 is 15.9 Å². The van der Waals surface area contributed by atoms with Crippen molar-refractivity contribution in [1.29, 1.82) is 0 Å². The number of hydrogen-bond acceptors (Lipinski definition) is 5. The molecule has 3 aromatic carbocycles. The van der Waals surface area contributed by atoms with Crippen LogP contribution < -0.4 is 14.4 Å². The first-order valence-electron chi connectivity index (χ1n) is 12.1. The highest BCUT2D eigenvalue weighted by atomic mass is 79.9. The number of hydrogen-bond donors (Lipinski definition) is 1. The number of carbonyl (C=O) groups is 2. The van der Waals surface area contributed by atoms with Crippen LogP contribution in [0.15, 0.2) is 82.2 Å². The average molecular weight is 603 g/mol. The summed E-state index contributed by atoms with van der Waals surface area (Å²) in [6.45, 7) is 5.30. The molecule has 0 saturated carbocycles. The number of rotatable bonds is 11. The Hall–Kier alpha value is -3.37. The lowest BCUT2D eigenvalue weighted by Crippen LogP contribution is -2.51. The van der Waals surface area contributed by atoms with Crippen molar-refractivity contribution < 1.29 is 22.7 Å². The van der Waals surface area contributed by atoms with Gasteiger partial charge in [0.25, 0.3) is 10.0 Å². The van der Waals surface area contributed by atoms with Crippen LogP contribution in [0.2, 0.25) is 0 Å². The minimum absolute atomic E-state index is 0.0500. The number of aryl methyl sites for hydroxylation is 1. The number of likely N-dealkylation sites (N-methyl/N-ethyl adjacent to an activating group) is 1. The Kier molecular flexibility index (Phi) is 9.93.